The number of hydrogen-bond donors (Lipinski definition) is 0. The Morgan fingerprint density at radius 3 is 2.80 bits per heavy atom. The number of fused-ring (bicyclic) bond motifs is 2. The number of carbonyl (C=O) groups excluding carboxylic acids is 1. The quantitative estimate of drug-likeness (QED) is 0.308. The van der Waals surface area contributed by atoms with E-state index in [0.29, 0.717) is 11.8 Å². The zero-order chi connectivity index (χ0) is 10.7. The van der Waals surface area contributed by atoms with Gasteiger partial charge >= 0.3 is 5.97 Å². The Labute approximate surface area is 90.4 Å². The maximum absolute atomic E-state index is 10.5. The summed E-state index contributed by atoms with van der Waals surface area (Å²) in [6, 6.07) is 0. The van der Waals surface area contributed by atoms with Crippen LogP contribution in [0.25, 0.3) is 0 Å². The van der Waals surface area contributed by atoms with Crippen LogP contribution in [0.15, 0.2) is 12.2 Å². The molecule has 0 heterocycles. The first kappa shape index (κ1) is 10.7. The van der Waals surface area contributed by atoms with Gasteiger partial charge < -0.3 is 9.47 Å². The first-order chi connectivity index (χ1) is 7.25. The van der Waals surface area contributed by atoms with Crippen LogP contribution in [0.4, 0.5) is 0 Å². The second-order valence-corrected chi connectivity index (χ2v) is 4.51. The summed E-state index contributed by atoms with van der Waals surface area (Å²) < 4.78 is 10.1. The van der Waals surface area contributed by atoms with Gasteiger partial charge in [0.1, 0.15) is 0 Å². The van der Waals surface area contributed by atoms with Gasteiger partial charge in [-0.15, -0.1) is 0 Å². The second-order valence-electron chi connectivity index (χ2n) is 4.51. The van der Waals surface area contributed by atoms with Crippen molar-refractivity contribution in [2.45, 2.75) is 26.2 Å². The number of esters is 1. The number of hydrogen-bond acceptors (Lipinski definition) is 3. The van der Waals surface area contributed by atoms with Crippen molar-refractivity contribution in [3.8, 4) is 0 Å². The van der Waals surface area contributed by atoms with E-state index in [1.807, 2.05) is 0 Å². The molecule has 3 heteroatoms. The van der Waals surface area contributed by atoms with Crippen LogP contribution in [0.1, 0.15) is 26.2 Å². The lowest BCUT2D eigenvalue weighted by atomic mass is 9.69. The van der Waals surface area contributed by atoms with Crippen molar-refractivity contribution in [1.29, 1.82) is 0 Å². The van der Waals surface area contributed by atoms with Crippen molar-refractivity contribution in [3.63, 3.8) is 0 Å². The molecule has 0 aromatic carbocycles. The van der Waals surface area contributed by atoms with E-state index in [-0.39, 0.29) is 12.8 Å². The van der Waals surface area contributed by atoms with Crippen LogP contribution in [-0.4, -0.2) is 19.4 Å². The SMILES string of the molecule is CC(=O)OCOC[C@@H]1CC2C=CC1CC2. The third kappa shape index (κ3) is 2.81. The molecule has 1 fully saturated rings. The Hall–Kier alpha value is -0.830. The molecule has 0 aromatic rings. The van der Waals surface area contributed by atoms with Gasteiger partial charge in [-0.2, -0.15) is 0 Å². The third-order valence-electron chi connectivity index (χ3n) is 3.39. The Morgan fingerprint density at radius 2 is 2.27 bits per heavy atom. The van der Waals surface area contributed by atoms with E-state index < -0.39 is 0 Å². The Balaban J connectivity index is 1.68. The van der Waals surface area contributed by atoms with Crippen molar-refractivity contribution in [2.24, 2.45) is 17.8 Å². The highest BCUT2D eigenvalue weighted by Gasteiger charge is 2.31. The summed E-state index contributed by atoms with van der Waals surface area (Å²) in [6.45, 7) is 2.22. The fraction of sp³-hybridized carbons (Fsp3) is 0.750. The zero-order valence-corrected chi connectivity index (χ0v) is 9.15. The summed E-state index contributed by atoms with van der Waals surface area (Å²) in [5, 5.41) is 0. The molecule has 3 nitrogen and oxygen atoms in total. The molecule has 3 aliphatic carbocycles. The molecule has 15 heavy (non-hydrogen) atoms. The minimum absolute atomic E-state index is 0.104. The summed E-state index contributed by atoms with van der Waals surface area (Å²) in [7, 11) is 0. The predicted molar refractivity (Wildman–Crippen MR) is 56.0 cm³/mol. The highest BCUT2D eigenvalue weighted by molar-refractivity contribution is 5.65. The highest BCUT2D eigenvalue weighted by Crippen LogP contribution is 2.40. The fourth-order valence-corrected chi connectivity index (χ4v) is 2.57. The van der Waals surface area contributed by atoms with E-state index in [1.54, 1.807) is 0 Å². The maximum Gasteiger partial charge on any atom is 0.304 e. The third-order valence-corrected chi connectivity index (χ3v) is 3.39. The molecule has 0 radical (unpaired) electrons. The monoisotopic (exact) mass is 210 g/mol. The van der Waals surface area contributed by atoms with Gasteiger partial charge in [-0.3, -0.25) is 4.79 Å². The maximum atomic E-state index is 10.5. The lowest BCUT2D eigenvalue weighted by molar-refractivity contribution is -0.155. The average Bonchev–Trinajstić information content (AvgIpc) is 2.26. The molecule has 3 rings (SSSR count). The number of rotatable bonds is 4. The smallest absolute Gasteiger partial charge is 0.304 e. The number of ether oxygens (including phenoxy) is 2. The van der Waals surface area contributed by atoms with Crippen molar-refractivity contribution < 1.29 is 14.3 Å². The van der Waals surface area contributed by atoms with Gasteiger partial charge in [0.15, 0.2) is 6.79 Å². The van der Waals surface area contributed by atoms with Crippen molar-refractivity contribution in [1.82, 2.24) is 0 Å². The van der Waals surface area contributed by atoms with E-state index in [2.05, 4.69) is 12.2 Å². The zero-order valence-electron chi connectivity index (χ0n) is 9.15. The van der Waals surface area contributed by atoms with Gasteiger partial charge in [0.2, 0.25) is 0 Å². The normalized spacial score (nSPS) is 33.0. The van der Waals surface area contributed by atoms with Crippen molar-refractivity contribution >= 4 is 5.97 Å². The minimum Gasteiger partial charge on any atom is -0.439 e. The summed E-state index contributed by atoms with van der Waals surface area (Å²) >= 11 is 0. The highest BCUT2D eigenvalue weighted by atomic mass is 16.7. The lowest BCUT2D eigenvalue weighted by Gasteiger charge is -2.37. The first-order valence-corrected chi connectivity index (χ1v) is 5.65. The van der Waals surface area contributed by atoms with Crippen LogP contribution < -0.4 is 0 Å². The van der Waals surface area contributed by atoms with Gasteiger partial charge in [-0.25, -0.2) is 0 Å². The molecule has 0 aliphatic heterocycles. The minimum atomic E-state index is -0.278. The van der Waals surface area contributed by atoms with Crippen LogP contribution in [0, 0.1) is 17.8 Å². The first-order valence-electron chi connectivity index (χ1n) is 5.65. The molecule has 0 spiro atoms. The van der Waals surface area contributed by atoms with Crippen LogP contribution in [0.2, 0.25) is 0 Å². The number of allylic oxidation sites excluding steroid dienone is 2. The van der Waals surface area contributed by atoms with Gasteiger partial charge in [-0.05, 0) is 37.0 Å². The van der Waals surface area contributed by atoms with Gasteiger partial charge in [0.25, 0.3) is 0 Å². The fourth-order valence-electron chi connectivity index (χ4n) is 2.57. The Kier molecular flexibility index (Phi) is 3.41. The summed E-state index contributed by atoms with van der Waals surface area (Å²) in [4.78, 5) is 10.5. The van der Waals surface area contributed by atoms with E-state index in [4.69, 9.17) is 9.47 Å². The van der Waals surface area contributed by atoms with E-state index in [1.165, 1.54) is 26.2 Å². The molecular formula is C12H18O3. The summed E-state index contributed by atoms with van der Waals surface area (Å²) in [6.07, 6.45) is 8.54. The van der Waals surface area contributed by atoms with Crippen molar-refractivity contribution in [3.05, 3.63) is 12.2 Å². The predicted octanol–water partition coefficient (Wildman–Crippen LogP) is 2.13. The van der Waals surface area contributed by atoms with E-state index in [9.17, 15) is 4.79 Å². The molecule has 2 unspecified atom stereocenters. The van der Waals surface area contributed by atoms with Crippen LogP contribution in [0.3, 0.4) is 0 Å². The van der Waals surface area contributed by atoms with Gasteiger partial charge in [0.05, 0.1) is 6.61 Å². The van der Waals surface area contributed by atoms with Gasteiger partial charge in [0, 0.05) is 6.92 Å². The molecule has 3 atom stereocenters. The average molecular weight is 210 g/mol. The Bertz CT molecular complexity index is 260. The van der Waals surface area contributed by atoms with E-state index in [0.717, 1.165) is 12.5 Å². The molecule has 2 bridgehead atoms. The van der Waals surface area contributed by atoms with Crippen LogP contribution in [-0.2, 0) is 14.3 Å². The molecule has 0 N–H and O–H groups in total. The standard InChI is InChI=1S/C12H18O3/c1-9(13)15-8-14-7-12-6-10-2-4-11(12)5-3-10/h2,4,10-12H,3,5-8H2,1H3/t10?,11?,12-/m0/s1. The molecule has 1 saturated carbocycles. The second kappa shape index (κ2) is 4.79. The van der Waals surface area contributed by atoms with Crippen LogP contribution >= 0.6 is 0 Å². The van der Waals surface area contributed by atoms with Crippen molar-refractivity contribution in [2.75, 3.05) is 13.4 Å². The summed E-state index contributed by atoms with van der Waals surface area (Å²) in [5.74, 6) is 1.80. The Morgan fingerprint density at radius 1 is 1.40 bits per heavy atom. The number of carbonyl (C=O) groups is 1. The van der Waals surface area contributed by atoms with E-state index >= 15 is 0 Å². The molecule has 0 aromatic heterocycles. The summed E-state index contributed by atoms with van der Waals surface area (Å²) in [5.41, 5.74) is 0. The molecule has 3 aliphatic rings. The largest absolute Gasteiger partial charge is 0.439 e. The molecular weight excluding hydrogens is 192 g/mol. The van der Waals surface area contributed by atoms with Crippen LogP contribution in [0.5, 0.6) is 0 Å². The molecule has 84 valence electrons. The molecule has 0 saturated heterocycles. The lowest BCUT2D eigenvalue weighted by Crippen LogP contribution is -2.30. The topological polar surface area (TPSA) is 35.5 Å². The van der Waals surface area contributed by atoms with Gasteiger partial charge in [-0.1, -0.05) is 12.2 Å². The molecule has 0 amide bonds.